The summed E-state index contributed by atoms with van der Waals surface area (Å²) in [5, 5.41) is 6.63. The van der Waals surface area contributed by atoms with Gasteiger partial charge in [0.15, 0.2) is 6.61 Å². The van der Waals surface area contributed by atoms with E-state index in [9.17, 15) is 36.7 Å². The van der Waals surface area contributed by atoms with E-state index in [1.54, 1.807) is 0 Å². The van der Waals surface area contributed by atoms with Crippen LogP contribution in [0.25, 0.3) is 0 Å². The van der Waals surface area contributed by atoms with Crippen LogP contribution >= 0.6 is 22.9 Å². The summed E-state index contributed by atoms with van der Waals surface area (Å²) in [5.41, 5.74) is -0.788. The second kappa shape index (κ2) is 13.4. The van der Waals surface area contributed by atoms with E-state index in [2.05, 4.69) is 15.4 Å². The Bertz CT molecular complexity index is 1180. The Kier molecular flexibility index (Phi) is 10.3. The van der Waals surface area contributed by atoms with Crippen LogP contribution in [0.1, 0.15) is 21.7 Å². The molecule has 1 aliphatic heterocycles. The topological polar surface area (TPSA) is 126 Å². The summed E-state index contributed by atoms with van der Waals surface area (Å²) in [6, 6.07) is 4.79. The van der Waals surface area contributed by atoms with Crippen molar-refractivity contribution in [2.75, 3.05) is 43.1 Å². The van der Waals surface area contributed by atoms with Crippen LogP contribution in [0.2, 0.25) is 4.34 Å². The van der Waals surface area contributed by atoms with E-state index >= 15 is 0 Å². The number of hydrogen-bond acceptors (Lipinski definition) is 7. The maximum absolute atomic E-state index is 13.8. The molecule has 0 saturated carbocycles. The number of benzene rings is 1. The standard InChI is InChI=1S/C22H21ClF4N4O6S/c23-16-4-3-15(38-16)21(34)28-8-14(30-22(35)37-9-17(24)25)20(33)29-13-2-1-11(7-12(13)19(26)27)31-5-6-36-10-18(31)32/h1-4,7,14,17,19H,5-6,8-10H2,(H,28,34)(H,29,33)(H,30,35)/t14-/m0/s1. The van der Waals surface area contributed by atoms with Crippen LogP contribution in [0.4, 0.5) is 33.7 Å². The smallest absolute Gasteiger partial charge is 0.408 e. The molecular formula is C22H21ClF4N4O6S. The number of thiophene rings is 1. The van der Waals surface area contributed by atoms with Crippen LogP contribution in [-0.4, -0.2) is 69.2 Å². The molecule has 3 N–H and O–H groups in total. The van der Waals surface area contributed by atoms with E-state index in [-0.39, 0.29) is 36.0 Å². The molecule has 4 amide bonds. The molecule has 206 valence electrons. The highest BCUT2D eigenvalue weighted by Gasteiger charge is 2.27. The minimum absolute atomic E-state index is 0.148. The molecule has 1 fully saturated rings. The van der Waals surface area contributed by atoms with E-state index < -0.39 is 61.4 Å². The van der Waals surface area contributed by atoms with Gasteiger partial charge in [0.25, 0.3) is 24.7 Å². The fraction of sp³-hybridized carbons (Fsp3) is 0.364. The number of carbonyl (C=O) groups excluding carboxylic acids is 4. The molecule has 1 aromatic heterocycles. The van der Waals surface area contributed by atoms with Crippen LogP contribution in [0.3, 0.4) is 0 Å². The largest absolute Gasteiger partial charge is 0.443 e. The van der Waals surface area contributed by atoms with Gasteiger partial charge in [-0.2, -0.15) is 0 Å². The third-order valence-electron chi connectivity index (χ3n) is 5.04. The predicted octanol–water partition coefficient (Wildman–Crippen LogP) is 3.43. The lowest BCUT2D eigenvalue weighted by Gasteiger charge is -2.27. The third-order valence-corrected chi connectivity index (χ3v) is 6.27. The number of carbonyl (C=O) groups is 4. The van der Waals surface area contributed by atoms with Crippen molar-refractivity contribution in [2.45, 2.75) is 18.9 Å². The van der Waals surface area contributed by atoms with Gasteiger partial charge in [-0.15, -0.1) is 11.3 Å². The molecule has 2 aromatic rings. The zero-order chi connectivity index (χ0) is 27.8. The lowest BCUT2D eigenvalue weighted by atomic mass is 10.1. The lowest BCUT2D eigenvalue weighted by molar-refractivity contribution is -0.125. The molecule has 1 aliphatic rings. The number of morpholine rings is 1. The van der Waals surface area contributed by atoms with Gasteiger partial charge < -0.3 is 30.3 Å². The van der Waals surface area contributed by atoms with Crippen molar-refractivity contribution in [1.82, 2.24) is 10.6 Å². The molecule has 1 atom stereocenters. The zero-order valence-electron chi connectivity index (χ0n) is 19.3. The van der Waals surface area contributed by atoms with Gasteiger partial charge in [0, 0.05) is 30.0 Å². The van der Waals surface area contributed by atoms with Gasteiger partial charge in [0.2, 0.25) is 5.91 Å². The summed E-state index contributed by atoms with van der Waals surface area (Å²) >= 11 is 6.74. The monoisotopic (exact) mass is 580 g/mol. The highest BCUT2D eigenvalue weighted by Crippen LogP contribution is 2.32. The van der Waals surface area contributed by atoms with E-state index in [0.29, 0.717) is 4.34 Å². The normalized spacial score (nSPS) is 14.4. The highest BCUT2D eigenvalue weighted by atomic mass is 35.5. The van der Waals surface area contributed by atoms with Gasteiger partial charge in [-0.1, -0.05) is 11.6 Å². The number of amides is 4. The molecule has 10 nitrogen and oxygen atoms in total. The summed E-state index contributed by atoms with van der Waals surface area (Å²) in [6.45, 7) is -1.64. The Labute approximate surface area is 222 Å². The van der Waals surface area contributed by atoms with Gasteiger partial charge in [-0.25, -0.2) is 22.4 Å². The summed E-state index contributed by atoms with van der Waals surface area (Å²) < 4.78 is 62.1. The summed E-state index contributed by atoms with van der Waals surface area (Å²) in [7, 11) is 0. The average molecular weight is 581 g/mol. The fourth-order valence-corrected chi connectivity index (χ4v) is 4.23. The lowest BCUT2D eigenvalue weighted by Crippen LogP contribution is -2.51. The Balaban J connectivity index is 1.77. The number of nitrogens with zero attached hydrogens (tertiary/aromatic N) is 1. The average Bonchev–Trinajstić information content (AvgIpc) is 3.31. The maximum Gasteiger partial charge on any atom is 0.408 e. The zero-order valence-corrected chi connectivity index (χ0v) is 20.9. The summed E-state index contributed by atoms with van der Waals surface area (Å²) in [4.78, 5) is 50.7. The maximum atomic E-state index is 13.8. The first-order chi connectivity index (χ1) is 18.0. The molecule has 38 heavy (non-hydrogen) atoms. The Hall–Kier alpha value is -3.43. The highest BCUT2D eigenvalue weighted by molar-refractivity contribution is 7.18. The van der Waals surface area contributed by atoms with Gasteiger partial charge in [-0.3, -0.25) is 14.4 Å². The van der Waals surface area contributed by atoms with Crippen molar-refractivity contribution in [3.63, 3.8) is 0 Å². The molecule has 0 spiro atoms. The molecule has 0 radical (unpaired) electrons. The molecular weight excluding hydrogens is 560 g/mol. The third kappa shape index (κ3) is 8.03. The SMILES string of the molecule is O=C(N[C@@H](CNC(=O)c1ccc(Cl)s1)C(=O)Nc1ccc(N2CCOCC2=O)cc1C(F)F)OCC(F)F. The summed E-state index contributed by atoms with van der Waals surface area (Å²) in [6.07, 6.45) is -7.43. The number of anilines is 2. The first-order valence-corrected chi connectivity index (χ1v) is 12.1. The molecule has 0 aliphatic carbocycles. The number of hydrogen-bond donors (Lipinski definition) is 3. The molecule has 2 heterocycles. The predicted molar refractivity (Wildman–Crippen MR) is 129 cm³/mol. The number of ether oxygens (including phenoxy) is 2. The van der Waals surface area contributed by atoms with Crippen molar-refractivity contribution in [3.8, 4) is 0 Å². The first kappa shape index (κ1) is 29.1. The van der Waals surface area contributed by atoms with Gasteiger partial charge in [0.05, 0.1) is 15.8 Å². The van der Waals surface area contributed by atoms with Crippen LogP contribution in [-0.2, 0) is 19.1 Å². The van der Waals surface area contributed by atoms with E-state index in [4.69, 9.17) is 16.3 Å². The van der Waals surface area contributed by atoms with E-state index in [1.165, 1.54) is 23.1 Å². The van der Waals surface area contributed by atoms with Gasteiger partial charge in [0.1, 0.15) is 12.6 Å². The number of alkyl halides is 4. The molecule has 0 bridgehead atoms. The minimum Gasteiger partial charge on any atom is -0.443 e. The molecule has 1 aromatic carbocycles. The quantitative estimate of drug-likeness (QED) is 0.370. The van der Waals surface area contributed by atoms with Crippen molar-refractivity contribution in [1.29, 1.82) is 0 Å². The first-order valence-electron chi connectivity index (χ1n) is 10.9. The van der Waals surface area contributed by atoms with E-state index in [0.717, 1.165) is 23.5 Å². The molecule has 16 heteroatoms. The minimum atomic E-state index is -3.06. The molecule has 0 unspecified atom stereocenters. The van der Waals surface area contributed by atoms with Crippen molar-refractivity contribution in [2.24, 2.45) is 0 Å². The van der Waals surface area contributed by atoms with Crippen molar-refractivity contribution >= 4 is 58.1 Å². The Morgan fingerprint density at radius 2 is 1.92 bits per heavy atom. The van der Waals surface area contributed by atoms with Crippen LogP contribution in [0.15, 0.2) is 30.3 Å². The van der Waals surface area contributed by atoms with E-state index in [1.807, 2.05) is 5.32 Å². The van der Waals surface area contributed by atoms with Crippen molar-refractivity contribution < 1.29 is 46.2 Å². The Morgan fingerprint density at radius 3 is 2.55 bits per heavy atom. The van der Waals surface area contributed by atoms with Crippen LogP contribution in [0.5, 0.6) is 0 Å². The fourth-order valence-electron chi connectivity index (χ4n) is 3.27. The second-order valence-electron chi connectivity index (χ2n) is 7.66. The number of halogens is 5. The number of alkyl carbamates (subject to hydrolysis) is 1. The van der Waals surface area contributed by atoms with Crippen LogP contribution < -0.4 is 20.9 Å². The summed E-state index contributed by atoms with van der Waals surface area (Å²) in [5.74, 6) is -2.14. The number of rotatable bonds is 10. The van der Waals surface area contributed by atoms with Gasteiger partial charge in [-0.05, 0) is 30.3 Å². The van der Waals surface area contributed by atoms with Gasteiger partial charge >= 0.3 is 6.09 Å². The number of nitrogens with one attached hydrogen (secondary N) is 3. The molecule has 3 rings (SSSR count). The molecule has 1 saturated heterocycles. The van der Waals surface area contributed by atoms with Crippen molar-refractivity contribution in [3.05, 3.63) is 45.1 Å². The second-order valence-corrected chi connectivity index (χ2v) is 9.37. The Morgan fingerprint density at radius 1 is 1.16 bits per heavy atom. The van der Waals surface area contributed by atoms with Crippen LogP contribution in [0, 0.1) is 0 Å².